The number of benzene rings is 2. The van der Waals surface area contributed by atoms with Gasteiger partial charge in [-0.05, 0) is 61.9 Å². The average molecular weight is 355 g/mol. The Labute approximate surface area is 159 Å². The summed E-state index contributed by atoms with van der Waals surface area (Å²) in [7, 11) is 0. The molecular weight excluding hydrogens is 334 g/mol. The largest absolute Gasteiger partial charge is 0.341 e. The van der Waals surface area contributed by atoms with E-state index >= 15 is 0 Å². The van der Waals surface area contributed by atoms with Gasteiger partial charge in [0, 0.05) is 23.6 Å². The number of aryl methyl sites for hydroxylation is 1. The Morgan fingerprint density at radius 1 is 1.19 bits per heavy atom. The van der Waals surface area contributed by atoms with Gasteiger partial charge in [-0.15, -0.1) is 0 Å². The third-order valence-electron chi connectivity index (χ3n) is 4.35. The van der Waals surface area contributed by atoms with E-state index < -0.39 is 5.91 Å². The molecule has 1 aliphatic rings. The van der Waals surface area contributed by atoms with Crippen LogP contribution in [0, 0.1) is 18.3 Å². The zero-order valence-corrected chi connectivity index (χ0v) is 15.4. The maximum Gasteiger partial charge on any atom is 0.266 e. The number of nitrogens with zero attached hydrogens (tertiary/aromatic N) is 2. The van der Waals surface area contributed by atoms with Crippen molar-refractivity contribution in [2.45, 2.75) is 13.8 Å². The second-order valence-corrected chi connectivity index (χ2v) is 6.24. The Morgan fingerprint density at radius 3 is 2.67 bits per heavy atom. The van der Waals surface area contributed by atoms with Gasteiger partial charge >= 0.3 is 0 Å². The van der Waals surface area contributed by atoms with Crippen molar-refractivity contribution in [1.29, 1.82) is 5.26 Å². The number of amides is 1. The highest BCUT2D eigenvalue weighted by atomic mass is 16.1. The number of rotatable bonds is 4. The first-order valence-electron chi connectivity index (χ1n) is 8.87. The first-order chi connectivity index (χ1) is 13.1. The van der Waals surface area contributed by atoms with Crippen molar-refractivity contribution < 1.29 is 4.79 Å². The molecule has 0 aromatic heterocycles. The minimum Gasteiger partial charge on any atom is -0.341 e. The highest BCUT2D eigenvalue weighted by Gasteiger charge is 2.16. The van der Waals surface area contributed by atoms with E-state index in [2.05, 4.69) is 48.3 Å². The second kappa shape index (κ2) is 8.20. The van der Waals surface area contributed by atoms with Gasteiger partial charge in [-0.3, -0.25) is 4.79 Å². The van der Waals surface area contributed by atoms with E-state index in [4.69, 9.17) is 0 Å². The number of likely N-dealkylation sites (N-methyl/N-ethyl adjacent to an activating group) is 1. The van der Waals surface area contributed by atoms with Gasteiger partial charge in [-0.2, -0.15) is 5.26 Å². The molecule has 0 fully saturated rings. The molecule has 0 saturated carbocycles. The van der Waals surface area contributed by atoms with Gasteiger partial charge in [0.2, 0.25) is 0 Å². The van der Waals surface area contributed by atoms with E-state index in [0.29, 0.717) is 5.69 Å². The molecule has 1 amide bonds. The number of allylic oxidation sites excluding steroid dienone is 3. The van der Waals surface area contributed by atoms with Crippen LogP contribution in [-0.4, -0.2) is 12.5 Å². The van der Waals surface area contributed by atoms with Crippen LogP contribution >= 0.6 is 0 Å². The number of hydrogen-bond donors (Lipinski definition) is 1. The van der Waals surface area contributed by atoms with Gasteiger partial charge in [-0.1, -0.05) is 35.9 Å². The van der Waals surface area contributed by atoms with Gasteiger partial charge in [-0.25, -0.2) is 0 Å². The van der Waals surface area contributed by atoms with Gasteiger partial charge in [0.1, 0.15) is 11.6 Å². The number of nitriles is 1. The lowest BCUT2D eigenvalue weighted by Gasteiger charge is -2.29. The predicted octanol–water partition coefficient (Wildman–Crippen LogP) is 4.82. The highest BCUT2D eigenvalue weighted by Crippen LogP contribution is 2.31. The van der Waals surface area contributed by atoms with Crippen molar-refractivity contribution in [2.75, 3.05) is 16.8 Å². The summed E-state index contributed by atoms with van der Waals surface area (Å²) in [6, 6.07) is 17.4. The van der Waals surface area contributed by atoms with Crippen LogP contribution in [0.15, 0.2) is 78.0 Å². The number of nitrogens with one attached hydrogen (secondary N) is 1. The van der Waals surface area contributed by atoms with E-state index in [9.17, 15) is 10.1 Å². The number of carbonyl (C=O) groups is 1. The Hall–Kier alpha value is -3.58. The SMILES string of the molecule is CCN1C(=CC=C(C#N)C(=O)Nc2ccccc2)C=Cc2cc(C)ccc21. The van der Waals surface area contributed by atoms with Crippen molar-refractivity contribution in [2.24, 2.45) is 0 Å². The van der Waals surface area contributed by atoms with Gasteiger partial charge in [0.25, 0.3) is 5.91 Å². The molecule has 1 heterocycles. The summed E-state index contributed by atoms with van der Waals surface area (Å²) < 4.78 is 0. The third kappa shape index (κ3) is 4.16. The van der Waals surface area contributed by atoms with Gasteiger partial charge < -0.3 is 10.2 Å². The van der Waals surface area contributed by atoms with Crippen molar-refractivity contribution in [3.05, 3.63) is 89.2 Å². The molecule has 0 saturated heterocycles. The van der Waals surface area contributed by atoms with Crippen LogP contribution in [0.3, 0.4) is 0 Å². The molecule has 0 unspecified atom stereocenters. The average Bonchev–Trinajstić information content (AvgIpc) is 2.68. The Morgan fingerprint density at radius 2 is 1.96 bits per heavy atom. The lowest BCUT2D eigenvalue weighted by molar-refractivity contribution is -0.112. The molecule has 0 aliphatic carbocycles. The number of carbonyl (C=O) groups excluding carboxylic acids is 1. The Kier molecular flexibility index (Phi) is 5.53. The Balaban J connectivity index is 1.85. The van der Waals surface area contributed by atoms with Crippen molar-refractivity contribution >= 4 is 23.4 Å². The molecule has 0 bridgehead atoms. The van der Waals surface area contributed by atoms with Crippen LogP contribution in [0.1, 0.15) is 18.1 Å². The normalized spacial score (nSPS) is 14.6. The molecule has 0 radical (unpaired) electrons. The fourth-order valence-electron chi connectivity index (χ4n) is 3.01. The van der Waals surface area contributed by atoms with Crippen molar-refractivity contribution in [1.82, 2.24) is 0 Å². The number of para-hydroxylation sites is 1. The predicted molar refractivity (Wildman–Crippen MR) is 110 cm³/mol. The molecule has 0 atom stereocenters. The zero-order chi connectivity index (χ0) is 19.2. The Bertz CT molecular complexity index is 978. The van der Waals surface area contributed by atoms with Crippen LogP contribution in [-0.2, 0) is 4.79 Å². The number of fused-ring (bicyclic) bond motifs is 1. The lowest BCUT2D eigenvalue weighted by Crippen LogP contribution is -2.23. The summed E-state index contributed by atoms with van der Waals surface area (Å²) in [4.78, 5) is 14.5. The van der Waals surface area contributed by atoms with Crippen LogP contribution in [0.5, 0.6) is 0 Å². The summed E-state index contributed by atoms with van der Waals surface area (Å²) in [6.07, 6.45) is 7.45. The van der Waals surface area contributed by atoms with Crippen LogP contribution in [0.4, 0.5) is 11.4 Å². The topological polar surface area (TPSA) is 56.1 Å². The van der Waals surface area contributed by atoms with Gasteiger partial charge in [0.05, 0.1) is 0 Å². The van der Waals surface area contributed by atoms with Gasteiger partial charge in [0.15, 0.2) is 0 Å². The van der Waals surface area contributed by atoms with Crippen molar-refractivity contribution in [3.8, 4) is 6.07 Å². The summed E-state index contributed by atoms with van der Waals surface area (Å²) >= 11 is 0. The van der Waals surface area contributed by atoms with E-state index in [0.717, 1.165) is 17.9 Å². The number of hydrogen-bond acceptors (Lipinski definition) is 3. The summed E-state index contributed by atoms with van der Waals surface area (Å²) in [5.41, 5.74) is 5.16. The molecule has 0 spiro atoms. The second-order valence-electron chi connectivity index (χ2n) is 6.24. The molecule has 2 aromatic rings. The minimum absolute atomic E-state index is 0.0607. The molecule has 134 valence electrons. The van der Waals surface area contributed by atoms with E-state index in [1.54, 1.807) is 18.2 Å². The first-order valence-corrected chi connectivity index (χ1v) is 8.87. The fourth-order valence-corrected chi connectivity index (χ4v) is 3.01. The number of anilines is 2. The molecular formula is C23H21N3O. The van der Waals surface area contributed by atoms with E-state index in [1.165, 1.54) is 11.1 Å². The summed E-state index contributed by atoms with van der Waals surface area (Å²) in [5, 5.41) is 12.1. The summed E-state index contributed by atoms with van der Waals surface area (Å²) in [6.45, 7) is 4.94. The molecule has 2 aromatic carbocycles. The first kappa shape index (κ1) is 18.2. The standard InChI is InChI=1S/C23H21N3O/c1-3-26-21(12-10-18-15-17(2)9-14-22(18)26)13-11-19(16-24)23(27)25-20-7-5-4-6-8-20/h4-15H,3H2,1-2H3,(H,25,27). The third-order valence-corrected chi connectivity index (χ3v) is 4.35. The van der Waals surface area contributed by atoms with Crippen LogP contribution < -0.4 is 10.2 Å². The maximum absolute atomic E-state index is 12.3. The van der Waals surface area contributed by atoms with E-state index in [1.807, 2.05) is 36.4 Å². The highest BCUT2D eigenvalue weighted by molar-refractivity contribution is 6.06. The molecule has 27 heavy (non-hydrogen) atoms. The van der Waals surface area contributed by atoms with Crippen molar-refractivity contribution in [3.63, 3.8) is 0 Å². The quantitative estimate of drug-likeness (QED) is 0.632. The van der Waals surface area contributed by atoms with Crippen LogP contribution in [0.25, 0.3) is 6.08 Å². The van der Waals surface area contributed by atoms with E-state index in [-0.39, 0.29) is 5.57 Å². The monoisotopic (exact) mass is 355 g/mol. The zero-order valence-electron chi connectivity index (χ0n) is 15.4. The fraction of sp³-hybridized carbons (Fsp3) is 0.130. The molecule has 3 rings (SSSR count). The lowest BCUT2D eigenvalue weighted by atomic mass is 10.0. The smallest absolute Gasteiger partial charge is 0.266 e. The van der Waals surface area contributed by atoms with Crippen LogP contribution in [0.2, 0.25) is 0 Å². The minimum atomic E-state index is -0.417. The molecule has 1 aliphatic heterocycles. The molecule has 1 N–H and O–H groups in total. The molecule has 4 heteroatoms. The molecule has 4 nitrogen and oxygen atoms in total. The summed E-state index contributed by atoms with van der Waals surface area (Å²) in [5.74, 6) is -0.417. The maximum atomic E-state index is 12.3.